The van der Waals surface area contributed by atoms with Crippen molar-refractivity contribution in [1.82, 2.24) is 4.90 Å². The van der Waals surface area contributed by atoms with Crippen molar-refractivity contribution in [2.24, 2.45) is 5.73 Å². The predicted octanol–water partition coefficient (Wildman–Crippen LogP) is 1.79. The minimum Gasteiger partial charge on any atom is -0.342 e. The summed E-state index contributed by atoms with van der Waals surface area (Å²) in [6.45, 7) is 5.37. The first kappa shape index (κ1) is 14.5. The molecular formula is C16H21N3O. The van der Waals surface area contributed by atoms with Gasteiger partial charge in [0.05, 0.1) is 17.0 Å². The van der Waals surface area contributed by atoms with E-state index in [1.54, 1.807) is 6.07 Å². The number of hydrogen-bond acceptors (Lipinski definition) is 3. The van der Waals surface area contributed by atoms with Crippen molar-refractivity contribution in [3.05, 3.63) is 35.4 Å². The maximum atomic E-state index is 12.8. The van der Waals surface area contributed by atoms with Gasteiger partial charge in [-0.15, -0.1) is 0 Å². The molecule has 20 heavy (non-hydrogen) atoms. The zero-order valence-corrected chi connectivity index (χ0v) is 12.1. The van der Waals surface area contributed by atoms with Gasteiger partial charge >= 0.3 is 0 Å². The number of carbonyl (C=O) groups excluding carboxylic acids is 1. The van der Waals surface area contributed by atoms with Crippen LogP contribution in [0.1, 0.15) is 37.8 Å². The second-order valence-electron chi connectivity index (χ2n) is 5.42. The Morgan fingerprint density at radius 1 is 1.45 bits per heavy atom. The van der Waals surface area contributed by atoms with Crippen LogP contribution in [0, 0.1) is 11.3 Å². The summed E-state index contributed by atoms with van der Waals surface area (Å²) in [6, 6.07) is 9.58. The number of nitrogens with zero attached hydrogens (tertiary/aromatic N) is 2. The Kier molecular flexibility index (Phi) is 4.10. The average Bonchev–Trinajstić information content (AvgIpc) is 2.44. The number of benzene rings is 1. The van der Waals surface area contributed by atoms with Crippen molar-refractivity contribution in [3.8, 4) is 6.07 Å². The third-order valence-electron chi connectivity index (χ3n) is 4.23. The van der Waals surface area contributed by atoms with E-state index < -0.39 is 5.41 Å². The third kappa shape index (κ3) is 2.30. The fourth-order valence-electron chi connectivity index (χ4n) is 3.07. The molecule has 1 saturated carbocycles. The van der Waals surface area contributed by atoms with Gasteiger partial charge in [0, 0.05) is 19.1 Å². The minimum absolute atomic E-state index is 0.0697. The lowest BCUT2D eigenvalue weighted by Gasteiger charge is -2.47. The fourth-order valence-corrected chi connectivity index (χ4v) is 3.07. The molecule has 0 bridgehead atoms. The van der Waals surface area contributed by atoms with E-state index in [1.807, 2.05) is 36.9 Å². The van der Waals surface area contributed by atoms with Gasteiger partial charge in [-0.05, 0) is 44.4 Å². The normalized spacial score (nSPS) is 24.6. The molecule has 1 aliphatic rings. The summed E-state index contributed by atoms with van der Waals surface area (Å²) in [5.41, 5.74) is 6.94. The SMILES string of the molecule is CCN(CC)C(=O)[C@]1(c2cccc(C#N)c2)C[C@@H](N)C1. The molecule has 0 heterocycles. The highest BCUT2D eigenvalue weighted by Gasteiger charge is 2.51. The lowest BCUT2D eigenvalue weighted by atomic mass is 9.60. The molecule has 0 unspecified atom stereocenters. The van der Waals surface area contributed by atoms with Crippen molar-refractivity contribution in [2.45, 2.75) is 38.1 Å². The molecule has 2 rings (SSSR count). The molecule has 0 saturated heterocycles. The third-order valence-corrected chi connectivity index (χ3v) is 4.23. The van der Waals surface area contributed by atoms with Gasteiger partial charge in [0.2, 0.25) is 5.91 Å². The highest BCUT2D eigenvalue weighted by molar-refractivity contribution is 5.89. The Bertz CT molecular complexity index is 537. The molecule has 1 aliphatic carbocycles. The Morgan fingerprint density at radius 3 is 2.60 bits per heavy atom. The predicted molar refractivity (Wildman–Crippen MR) is 78.0 cm³/mol. The number of likely N-dealkylation sites (N-methyl/N-ethyl adjacent to an activating group) is 1. The van der Waals surface area contributed by atoms with Crippen LogP contribution in [0.2, 0.25) is 0 Å². The van der Waals surface area contributed by atoms with E-state index in [0.717, 1.165) is 5.56 Å². The Labute approximate surface area is 120 Å². The zero-order valence-electron chi connectivity index (χ0n) is 12.1. The van der Waals surface area contributed by atoms with Crippen LogP contribution < -0.4 is 5.73 Å². The lowest BCUT2D eigenvalue weighted by molar-refractivity contribution is -0.141. The summed E-state index contributed by atoms with van der Waals surface area (Å²) in [6.07, 6.45) is 1.33. The van der Waals surface area contributed by atoms with E-state index in [-0.39, 0.29) is 11.9 Å². The van der Waals surface area contributed by atoms with Gasteiger partial charge < -0.3 is 10.6 Å². The van der Waals surface area contributed by atoms with E-state index in [1.165, 1.54) is 0 Å². The maximum Gasteiger partial charge on any atom is 0.233 e. The summed E-state index contributed by atoms with van der Waals surface area (Å²) in [7, 11) is 0. The van der Waals surface area contributed by atoms with Gasteiger partial charge in [-0.3, -0.25) is 4.79 Å². The van der Waals surface area contributed by atoms with Crippen LogP contribution in [0.5, 0.6) is 0 Å². The molecule has 1 aromatic carbocycles. The Morgan fingerprint density at radius 2 is 2.10 bits per heavy atom. The highest BCUT2D eigenvalue weighted by atomic mass is 16.2. The molecule has 1 amide bonds. The molecule has 0 atom stereocenters. The molecule has 4 heteroatoms. The minimum atomic E-state index is -0.529. The van der Waals surface area contributed by atoms with E-state index in [9.17, 15) is 4.79 Å². The topological polar surface area (TPSA) is 70.1 Å². The summed E-state index contributed by atoms with van der Waals surface area (Å²) in [4.78, 5) is 14.7. The van der Waals surface area contributed by atoms with Crippen LogP contribution in [0.15, 0.2) is 24.3 Å². The van der Waals surface area contributed by atoms with Crippen LogP contribution in [-0.4, -0.2) is 29.9 Å². The highest BCUT2D eigenvalue weighted by Crippen LogP contribution is 2.44. The number of rotatable bonds is 4. The standard InChI is InChI=1S/C16H21N3O/c1-3-19(4-2)15(20)16(9-14(18)10-16)13-7-5-6-12(8-13)11-17/h5-8,14H,3-4,9-10,18H2,1-2H3/t14-,16-. The first-order valence-electron chi connectivity index (χ1n) is 7.13. The molecule has 1 fully saturated rings. The van der Waals surface area contributed by atoms with Crippen molar-refractivity contribution in [2.75, 3.05) is 13.1 Å². The van der Waals surface area contributed by atoms with Gasteiger partial charge in [0.15, 0.2) is 0 Å². The van der Waals surface area contributed by atoms with Gasteiger partial charge in [0.25, 0.3) is 0 Å². The molecule has 0 spiro atoms. The van der Waals surface area contributed by atoms with Crippen molar-refractivity contribution >= 4 is 5.91 Å². The van der Waals surface area contributed by atoms with Crippen LogP contribution >= 0.6 is 0 Å². The van der Waals surface area contributed by atoms with E-state index in [2.05, 4.69) is 6.07 Å². The van der Waals surface area contributed by atoms with E-state index in [4.69, 9.17) is 11.0 Å². The summed E-state index contributed by atoms with van der Waals surface area (Å²) in [5, 5.41) is 9.04. The zero-order chi connectivity index (χ0) is 14.8. The second kappa shape index (κ2) is 5.64. The molecule has 106 valence electrons. The molecule has 2 N–H and O–H groups in total. The molecule has 0 aromatic heterocycles. The van der Waals surface area contributed by atoms with E-state index in [0.29, 0.717) is 31.5 Å². The number of nitrogens with two attached hydrogens (primary N) is 1. The summed E-state index contributed by atoms with van der Waals surface area (Å²) < 4.78 is 0. The quantitative estimate of drug-likeness (QED) is 0.907. The Balaban J connectivity index is 2.40. The molecule has 0 aliphatic heterocycles. The number of amides is 1. The molecule has 0 radical (unpaired) electrons. The number of hydrogen-bond donors (Lipinski definition) is 1. The Hall–Kier alpha value is -1.86. The number of nitriles is 1. The van der Waals surface area contributed by atoms with Gasteiger partial charge in [-0.1, -0.05) is 12.1 Å². The fraction of sp³-hybridized carbons (Fsp3) is 0.500. The van der Waals surface area contributed by atoms with Crippen LogP contribution in [-0.2, 0) is 10.2 Å². The van der Waals surface area contributed by atoms with Gasteiger partial charge in [0.1, 0.15) is 0 Å². The smallest absolute Gasteiger partial charge is 0.233 e. The van der Waals surface area contributed by atoms with Crippen LogP contribution in [0.4, 0.5) is 0 Å². The largest absolute Gasteiger partial charge is 0.342 e. The van der Waals surface area contributed by atoms with Crippen molar-refractivity contribution < 1.29 is 4.79 Å². The lowest BCUT2D eigenvalue weighted by Crippen LogP contribution is -2.58. The first-order valence-corrected chi connectivity index (χ1v) is 7.13. The first-order chi connectivity index (χ1) is 9.57. The molecule has 1 aromatic rings. The second-order valence-corrected chi connectivity index (χ2v) is 5.42. The molecule has 4 nitrogen and oxygen atoms in total. The number of carbonyl (C=O) groups is 1. The summed E-state index contributed by atoms with van der Waals surface area (Å²) >= 11 is 0. The van der Waals surface area contributed by atoms with Gasteiger partial charge in [-0.25, -0.2) is 0 Å². The average molecular weight is 271 g/mol. The van der Waals surface area contributed by atoms with Crippen molar-refractivity contribution in [3.63, 3.8) is 0 Å². The van der Waals surface area contributed by atoms with Crippen molar-refractivity contribution in [1.29, 1.82) is 5.26 Å². The van der Waals surface area contributed by atoms with Gasteiger partial charge in [-0.2, -0.15) is 5.26 Å². The summed E-state index contributed by atoms with van der Waals surface area (Å²) in [5.74, 6) is 0.138. The monoisotopic (exact) mass is 271 g/mol. The van der Waals surface area contributed by atoms with E-state index >= 15 is 0 Å². The molecular weight excluding hydrogens is 250 g/mol. The maximum absolute atomic E-state index is 12.8. The van der Waals surface area contributed by atoms with Crippen LogP contribution in [0.3, 0.4) is 0 Å². The van der Waals surface area contributed by atoms with Crippen LogP contribution in [0.25, 0.3) is 0 Å².